The van der Waals surface area contributed by atoms with Crippen LogP contribution in [-0.2, 0) is 16.6 Å². The molecule has 0 spiro atoms. The number of nitrogens with two attached hydrogens (primary N) is 1. The van der Waals surface area contributed by atoms with Crippen molar-refractivity contribution in [2.24, 2.45) is 5.73 Å². The average molecular weight is 461 g/mol. The second-order valence-electron chi connectivity index (χ2n) is 7.92. The molecule has 3 heterocycles. The zero-order valence-corrected chi connectivity index (χ0v) is 19.4. The molecule has 9 heteroatoms. The lowest BCUT2D eigenvalue weighted by Gasteiger charge is -2.31. The van der Waals surface area contributed by atoms with Crippen molar-refractivity contribution in [3.05, 3.63) is 46.5 Å². The van der Waals surface area contributed by atoms with Crippen molar-refractivity contribution in [1.82, 2.24) is 14.6 Å². The lowest BCUT2D eigenvalue weighted by atomic mass is 9.89. The molecule has 1 amide bonds. The van der Waals surface area contributed by atoms with Gasteiger partial charge in [0.15, 0.2) is 0 Å². The fourth-order valence-electron chi connectivity index (χ4n) is 4.36. The van der Waals surface area contributed by atoms with E-state index >= 15 is 0 Å². The molecule has 1 fully saturated rings. The lowest BCUT2D eigenvalue weighted by Crippen LogP contribution is -2.38. The number of aromatic nitrogens is 1. The third-order valence-electron chi connectivity index (χ3n) is 6.04. The first-order chi connectivity index (χ1) is 14.8. The van der Waals surface area contributed by atoms with Crippen molar-refractivity contribution in [2.75, 3.05) is 25.9 Å². The van der Waals surface area contributed by atoms with Crippen LogP contribution in [0, 0.1) is 0 Å². The number of fused-ring (bicyclic) bond motifs is 1. The Morgan fingerprint density at radius 1 is 1.29 bits per heavy atom. The monoisotopic (exact) mass is 460 g/mol. The highest BCUT2D eigenvalue weighted by Gasteiger charge is 2.29. The van der Waals surface area contributed by atoms with Crippen LogP contribution in [0.5, 0.6) is 0 Å². The van der Waals surface area contributed by atoms with Crippen molar-refractivity contribution >= 4 is 38.2 Å². The first-order valence-electron chi connectivity index (χ1n) is 10.5. The standard InChI is InChI=1S/C22H28N4O3S2/c1-3-31(28,29)26-8-6-14(7-9-26)19-13-25-21-17(19)10-15(11-18(21)22(23)27)20-5-4-16(30-20)12-24-2/h4-5,10-11,13-14,24-25H,3,6-9,12H2,1-2H3,(H2,23,27). The third-order valence-corrected chi connectivity index (χ3v) is 9.05. The van der Waals surface area contributed by atoms with Crippen LogP contribution in [-0.4, -0.2) is 49.5 Å². The molecule has 31 heavy (non-hydrogen) atoms. The molecule has 0 aliphatic carbocycles. The molecule has 7 nitrogen and oxygen atoms in total. The number of thiophene rings is 1. The van der Waals surface area contributed by atoms with Gasteiger partial charge in [-0.15, -0.1) is 11.3 Å². The van der Waals surface area contributed by atoms with Gasteiger partial charge in [0.2, 0.25) is 10.0 Å². The molecule has 0 bridgehead atoms. The predicted octanol–water partition coefficient (Wildman–Crippen LogP) is 3.24. The lowest BCUT2D eigenvalue weighted by molar-refractivity contribution is 0.100. The van der Waals surface area contributed by atoms with Crippen molar-refractivity contribution in [1.29, 1.82) is 0 Å². The number of piperidine rings is 1. The predicted molar refractivity (Wildman–Crippen MR) is 126 cm³/mol. The molecule has 0 radical (unpaired) electrons. The van der Waals surface area contributed by atoms with Gasteiger partial charge in [0.25, 0.3) is 5.91 Å². The minimum atomic E-state index is -3.16. The van der Waals surface area contributed by atoms with Crippen molar-refractivity contribution < 1.29 is 13.2 Å². The van der Waals surface area contributed by atoms with Crippen molar-refractivity contribution in [3.8, 4) is 10.4 Å². The SMILES string of the molecule is CCS(=O)(=O)N1CCC(c2c[nH]c3c(C(N)=O)cc(-c4ccc(CNC)s4)cc23)CC1. The molecule has 166 valence electrons. The maximum absolute atomic E-state index is 12.2. The van der Waals surface area contributed by atoms with E-state index in [1.165, 1.54) is 4.88 Å². The summed E-state index contributed by atoms with van der Waals surface area (Å²) in [5, 5.41) is 4.15. The van der Waals surface area contributed by atoms with Crippen LogP contribution >= 0.6 is 11.3 Å². The Balaban J connectivity index is 1.71. The zero-order chi connectivity index (χ0) is 22.2. The van der Waals surface area contributed by atoms with E-state index in [2.05, 4.69) is 28.5 Å². The number of nitrogens with zero attached hydrogens (tertiary/aromatic N) is 1. The Hall–Kier alpha value is -2.20. The number of hydrogen-bond acceptors (Lipinski definition) is 5. The number of aromatic amines is 1. The number of carbonyl (C=O) groups is 1. The number of nitrogens with one attached hydrogen (secondary N) is 2. The van der Waals surface area contributed by atoms with Gasteiger partial charge >= 0.3 is 0 Å². The van der Waals surface area contributed by atoms with Gasteiger partial charge in [-0.3, -0.25) is 4.79 Å². The smallest absolute Gasteiger partial charge is 0.250 e. The zero-order valence-electron chi connectivity index (χ0n) is 17.8. The van der Waals surface area contributed by atoms with Gasteiger partial charge in [0.1, 0.15) is 0 Å². The summed E-state index contributed by atoms with van der Waals surface area (Å²) >= 11 is 1.69. The molecule has 4 N–H and O–H groups in total. The second kappa shape index (κ2) is 8.74. The van der Waals surface area contributed by atoms with Crippen LogP contribution in [0.15, 0.2) is 30.5 Å². The number of H-pyrrole nitrogens is 1. The highest BCUT2D eigenvalue weighted by Crippen LogP contribution is 2.38. The molecule has 4 rings (SSSR count). The normalized spacial score (nSPS) is 16.2. The molecular weight excluding hydrogens is 432 g/mol. The summed E-state index contributed by atoms with van der Waals surface area (Å²) in [6.07, 6.45) is 3.47. The van der Waals surface area contributed by atoms with Crippen LogP contribution in [0.3, 0.4) is 0 Å². The summed E-state index contributed by atoms with van der Waals surface area (Å²) in [5.74, 6) is -0.0979. The van der Waals surface area contributed by atoms with Crippen LogP contribution in [0.1, 0.15) is 46.5 Å². The van der Waals surface area contributed by atoms with E-state index in [0.717, 1.165) is 46.3 Å². The highest BCUT2D eigenvalue weighted by atomic mass is 32.2. The Kier molecular flexibility index (Phi) is 6.20. The Morgan fingerprint density at radius 3 is 2.68 bits per heavy atom. The summed E-state index contributed by atoms with van der Waals surface area (Å²) in [6.45, 7) is 3.52. The number of sulfonamides is 1. The molecule has 1 aliphatic heterocycles. The number of carbonyl (C=O) groups excluding carboxylic acids is 1. The molecule has 0 unspecified atom stereocenters. The van der Waals surface area contributed by atoms with Crippen molar-refractivity contribution in [3.63, 3.8) is 0 Å². The largest absolute Gasteiger partial charge is 0.366 e. The van der Waals surface area contributed by atoms with Crippen molar-refractivity contribution in [2.45, 2.75) is 32.2 Å². The summed E-state index contributed by atoms with van der Waals surface area (Å²) in [5.41, 5.74) is 9.04. The Bertz CT molecular complexity index is 1200. The van der Waals surface area contributed by atoms with E-state index in [4.69, 9.17) is 5.73 Å². The van der Waals surface area contributed by atoms with Gasteiger partial charge in [0.05, 0.1) is 16.8 Å². The number of amides is 1. The Labute approximate surface area is 186 Å². The van der Waals surface area contributed by atoms with Crippen LogP contribution < -0.4 is 11.1 Å². The molecule has 1 aromatic carbocycles. The van der Waals surface area contributed by atoms with Gasteiger partial charge in [0, 0.05) is 41.0 Å². The fraction of sp³-hybridized carbons (Fsp3) is 0.409. The second-order valence-corrected chi connectivity index (χ2v) is 11.4. The maximum atomic E-state index is 12.2. The fourth-order valence-corrected chi connectivity index (χ4v) is 6.50. The van der Waals surface area contributed by atoms with Crippen LogP contribution in [0.4, 0.5) is 0 Å². The summed E-state index contributed by atoms with van der Waals surface area (Å²) in [7, 11) is -1.24. The third kappa shape index (κ3) is 4.27. The first-order valence-corrected chi connectivity index (χ1v) is 12.9. The molecule has 2 aromatic heterocycles. The number of benzene rings is 1. The van der Waals surface area contributed by atoms with Gasteiger partial charge < -0.3 is 16.0 Å². The highest BCUT2D eigenvalue weighted by molar-refractivity contribution is 7.89. The summed E-state index contributed by atoms with van der Waals surface area (Å²) in [6, 6.07) is 8.14. The van der Waals surface area contributed by atoms with E-state index < -0.39 is 15.9 Å². The van der Waals surface area contributed by atoms with E-state index in [0.29, 0.717) is 18.7 Å². The average Bonchev–Trinajstić information content (AvgIpc) is 3.40. The van der Waals surface area contributed by atoms with E-state index in [1.807, 2.05) is 19.3 Å². The van der Waals surface area contributed by atoms with E-state index in [-0.39, 0.29) is 11.7 Å². The van der Waals surface area contributed by atoms with Gasteiger partial charge in [-0.25, -0.2) is 12.7 Å². The molecular formula is C22H28N4O3S2. The molecule has 0 saturated carbocycles. The minimum Gasteiger partial charge on any atom is -0.366 e. The molecule has 1 aliphatic rings. The molecule has 1 saturated heterocycles. The first kappa shape index (κ1) is 22.0. The summed E-state index contributed by atoms with van der Waals surface area (Å²) in [4.78, 5) is 17.8. The Morgan fingerprint density at radius 2 is 2.03 bits per heavy atom. The number of primary amides is 1. The number of hydrogen-bond donors (Lipinski definition) is 3. The maximum Gasteiger partial charge on any atom is 0.250 e. The van der Waals surface area contributed by atoms with Gasteiger partial charge in [-0.05, 0) is 68.1 Å². The van der Waals surface area contributed by atoms with E-state index in [1.54, 1.807) is 22.6 Å². The molecule has 3 aromatic rings. The van der Waals surface area contributed by atoms with Gasteiger partial charge in [-0.1, -0.05) is 0 Å². The van der Waals surface area contributed by atoms with E-state index in [9.17, 15) is 13.2 Å². The molecule has 0 atom stereocenters. The van der Waals surface area contributed by atoms with Gasteiger partial charge in [-0.2, -0.15) is 0 Å². The number of rotatable bonds is 7. The summed E-state index contributed by atoms with van der Waals surface area (Å²) < 4.78 is 26.0. The topological polar surface area (TPSA) is 108 Å². The van der Waals surface area contributed by atoms with Crippen LogP contribution in [0.2, 0.25) is 0 Å². The minimum absolute atomic E-state index is 0.131. The quantitative estimate of drug-likeness (QED) is 0.503. The van der Waals surface area contributed by atoms with Crippen LogP contribution in [0.25, 0.3) is 21.3 Å².